The average molecular weight is 891 g/mol. The molecular weight excluding hydrogens is 797 g/mol. The van der Waals surface area contributed by atoms with Gasteiger partial charge in [-0.05, 0) is 156 Å². The van der Waals surface area contributed by atoms with E-state index in [2.05, 4.69) is 20.8 Å². The molecule has 10 saturated carbocycles. The lowest BCUT2D eigenvalue weighted by Crippen LogP contribution is -2.61. The summed E-state index contributed by atoms with van der Waals surface area (Å²) in [6.07, 6.45) is 13.4. The summed E-state index contributed by atoms with van der Waals surface area (Å²) in [5.74, 6) is -2.74. The predicted octanol–water partition coefficient (Wildman–Crippen LogP) is 11.7. The molecule has 0 spiro atoms. The minimum Gasteiger partial charge on any atom is -0.465 e. The number of ether oxygens (including phenoxy) is 4. The third-order valence-electron chi connectivity index (χ3n) is 18.6. The van der Waals surface area contributed by atoms with Gasteiger partial charge in [0.25, 0.3) is 0 Å². The maximum atomic E-state index is 15.2. The molecule has 10 nitrogen and oxygen atoms in total. The molecule has 2 heterocycles. The van der Waals surface area contributed by atoms with E-state index >= 15 is 4.79 Å². The van der Waals surface area contributed by atoms with E-state index in [1.54, 1.807) is 6.92 Å². The molecule has 12 aliphatic rings. The van der Waals surface area contributed by atoms with Gasteiger partial charge in [-0.3, -0.25) is 24.0 Å². The Kier molecular flexibility index (Phi) is 17.4. The van der Waals surface area contributed by atoms with Crippen molar-refractivity contribution in [3.63, 3.8) is 0 Å². The topological polar surface area (TPSA) is 143 Å². The first-order valence-corrected chi connectivity index (χ1v) is 22.2. The van der Waals surface area contributed by atoms with Crippen LogP contribution in [0, 0.1) is 94.2 Å². The van der Waals surface area contributed by atoms with Crippen LogP contribution >= 0.6 is 0 Å². The molecule has 12 rings (SSSR count). The number of carbonyl (C=O) groups is 5. The zero-order chi connectivity index (χ0) is 38.4. The summed E-state index contributed by atoms with van der Waals surface area (Å²) in [6, 6.07) is 0. The molecule has 13 unspecified atom stereocenters. The van der Waals surface area contributed by atoms with Gasteiger partial charge < -0.3 is 24.1 Å². The molecule has 2 saturated heterocycles. The van der Waals surface area contributed by atoms with Gasteiger partial charge in [-0.1, -0.05) is 80.2 Å². The van der Waals surface area contributed by atoms with E-state index in [-0.39, 0.29) is 131 Å². The molecule has 63 heavy (non-hydrogen) atoms. The summed E-state index contributed by atoms with van der Waals surface area (Å²) in [5.41, 5.74) is -2.42. The molecule has 10 bridgehead atoms. The molecule has 0 aromatic carbocycles. The lowest BCUT2D eigenvalue weighted by molar-refractivity contribution is -0.224. The van der Waals surface area contributed by atoms with E-state index in [1.807, 2.05) is 0 Å². The van der Waals surface area contributed by atoms with Crippen LogP contribution < -0.4 is 0 Å². The summed E-state index contributed by atoms with van der Waals surface area (Å²) in [4.78, 5) is 69.2. The summed E-state index contributed by atoms with van der Waals surface area (Å²) >= 11 is 0. The Hall–Kier alpha value is -2.49. The Balaban J connectivity index is 0.00000171. The number of carbonyl (C=O) groups excluding carboxylic acids is 5. The summed E-state index contributed by atoms with van der Waals surface area (Å²) in [5, 5.41) is 11.5. The van der Waals surface area contributed by atoms with E-state index in [9.17, 15) is 24.3 Å². The highest BCUT2D eigenvalue weighted by Crippen LogP contribution is 2.66. The fraction of sp³-hybridized carbons (Fsp3) is 0.906. The third-order valence-corrected chi connectivity index (χ3v) is 18.6. The molecule has 1 N–H and O–H groups in total. The van der Waals surface area contributed by atoms with Crippen LogP contribution in [0.1, 0.15) is 190 Å². The molecule has 12 fully saturated rings. The maximum Gasteiger partial charge on any atom is 0.318 e. The molecule has 0 aromatic rings. The number of aliphatic hydroxyl groups is 1. The van der Waals surface area contributed by atoms with Crippen LogP contribution in [0.25, 0.3) is 0 Å². The molecule has 0 amide bonds. The van der Waals surface area contributed by atoms with Crippen LogP contribution in [-0.4, -0.2) is 58.4 Å². The number of esters is 5. The van der Waals surface area contributed by atoms with Crippen LogP contribution in [0.2, 0.25) is 0 Å². The first-order valence-electron chi connectivity index (χ1n) is 22.2. The maximum absolute atomic E-state index is 15.2. The number of rotatable bonds is 11. The number of hydrogen-bond acceptors (Lipinski definition) is 10. The second-order valence-corrected chi connectivity index (χ2v) is 21.7. The fourth-order valence-corrected chi connectivity index (χ4v) is 16.8. The number of cyclic esters (lactones) is 3. The Morgan fingerprint density at radius 3 is 1.79 bits per heavy atom. The van der Waals surface area contributed by atoms with Crippen LogP contribution in [0.4, 0.5) is 0 Å². The van der Waals surface area contributed by atoms with Gasteiger partial charge in [0.15, 0.2) is 0 Å². The minimum absolute atomic E-state index is 0. The van der Waals surface area contributed by atoms with Crippen LogP contribution in [0.15, 0.2) is 0 Å². The van der Waals surface area contributed by atoms with E-state index in [0.717, 1.165) is 44.9 Å². The normalized spacial score (nSPS) is 44.0. The summed E-state index contributed by atoms with van der Waals surface area (Å²) in [7, 11) is 0. The highest BCUT2D eigenvalue weighted by atomic mass is 16.6. The van der Waals surface area contributed by atoms with Gasteiger partial charge in [-0.2, -0.15) is 0 Å². The lowest BCUT2D eigenvalue weighted by atomic mass is 9.45. The van der Waals surface area contributed by atoms with Crippen LogP contribution in [0.3, 0.4) is 0 Å². The van der Waals surface area contributed by atoms with E-state index in [1.165, 1.54) is 19.3 Å². The summed E-state index contributed by atoms with van der Waals surface area (Å²) in [6.45, 7) is 8.54. The first-order chi connectivity index (χ1) is 26.1. The van der Waals surface area contributed by atoms with Crippen molar-refractivity contribution in [2.75, 3.05) is 6.61 Å². The van der Waals surface area contributed by atoms with Crippen molar-refractivity contribution in [3.8, 4) is 0 Å². The largest absolute Gasteiger partial charge is 0.465 e. The molecule has 10 heteroatoms. The van der Waals surface area contributed by atoms with Crippen molar-refractivity contribution in [3.05, 3.63) is 0 Å². The van der Waals surface area contributed by atoms with Crippen LogP contribution in [-0.2, 0) is 42.9 Å². The average Bonchev–Trinajstić information content (AvgIpc) is 3.82. The second kappa shape index (κ2) is 19.4. The highest BCUT2D eigenvalue weighted by molar-refractivity contribution is 5.98. The van der Waals surface area contributed by atoms with Crippen molar-refractivity contribution in [2.45, 2.75) is 207 Å². The Labute approximate surface area is 384 Å². The van der Waals surface area contributed by atoms with Gasteiger partial charge in [-0.25, -0.2) is 0 Å². The first kappa shape index (κ1) is 56.6. The predicted molar refractivity (Wildman–Crippen MR) is 250 cm³/mol. The molecular formula is C53H94O10. The molecule has 13 atom stereocenters. The van der Waals surface area contributed by atoms with Gasteiger partial charge in [0.2, 0.25) is 0 Å². The van der Waals surface area contributed by atoms with Crippen molar-refractivity contribution in [1.29, 1.82) is 0 Å². The van der Waals surface area contributed by atoms with Gasteiger partial charge in [0.05, 0.1) is 41.8 Å². The van der Waals surface area contributed by atoms with E-state index in [4.69, 9.17) is 18.9 Å². The second-order valence-electron chi connectivity index (χ2n) is 21.7. The smallest absolute Gasteiger partial charge is 0.318 e. The molecule has 2 aliphatic heterocycles. The zero-order valence-electron chi connectivity index (χ0n) is 33.3. The monoisotopic (exact) mass is 891 g/mol. The standard InChI is InChI=1S/C45H62O10.8CH4/c1-5-42(4,43-13-24-6-25(14-43)8-26(7-24)15-43)54-38(47)29(10-30-22(2)31-12-32(30)34-20-52-40(49)36(31)34)11-33(35-23(3)37(46)53-41(35)50)39(48)55-45-18-27-9-28(19-45)17-44(51,16-27)21-45;;;;;;;;/h22-36,51H,5-21H2,1-4H3;8*1H4. The number of hydrogen-bond donors (Lipinski definition) is 1. The Morgan fingerprint density at radius 2 is 1.29 bits per heavy atom. The molecule has 366 valence electrons. The van der Waals surface area contributed by atoms with Gasteiger partial charge in [0, 0.05) is 17.8 Å². The van der Waals surface area contributed by atoms with E-state index < -0.39 is 58.4 Å². The van der Waals surface area contributed by atoms with E-state index in [0.29, 0.717) is 56.5 Å². The molecule has 10 aliphatic carbocycles. The number of fused-ring (bicyclic) bond motifs is 5. The Morgan fingerprint density at radius 1 is 0.730 bits per heavy atom. The summed E-state index contributed by atoms with van der Waals surface area (Å²) < 4.78 is 24.3. The van der Waals surface area contributed by atoms with Crippen LogP contribution in [0.5, 0.6) is 0 Å². The molecule has 0 radical (unpaired) electrons. The lowest BCUT2D eigenvalue weighted by Gasteiger charge is -2.62. The highest BCUT2D eigenvalue weighted by Gasteiger charge is 2.65. The SMILES string of the molecule is C.C.C.C.C.C.C.C.CCC(C)(OC(=O)C(CC(C(=O)OC12CC3CC(CC(O)(C3)C1)C2)C1C(=O)OC(=O)C1C)CC1C(C)C2CC1C1COC(=O)C21)C12CC3CC(CC(C3)C1)C2. The van der Waals surface area contributed by atoms with Crippen molar-refractivity contribution in [1.82, 2.24) is 0 Å². The van der Waals surface area contributed by atoms with Crippen molar-refractivity contribution < 1.29 is 48.0 Å². The zero-order valence-corrected chi connectivity index (χ0v) is 33.3. The van der Waals surface area contributed by atoms with Gasteiger partial charge >= 0.3 is 29.8 Å². The van der Waals surface area contributed by atoms with Gasteiger partial charge in [0.1, 0.15) is 11.2 Å². The molecule has 0 aromatic heterocycles. The fourth-order valence-electron chi connectivity index (χ4n) is 16.8. The van der Waals surface area contributed by atoms with Crippen molar-refractivity contribution >= 4 is 29.8 Å². The van der Waals surface area contributed by atoms with Gasteiger partial charge in [-0.15, -0.1) is 0 Å². The Bertz CT molecular complexity index is 1620. The minimum atomic E-state index is -1.08. The van der Waals surface area contributed by atoms with Crippen molar-refractivity contribution in [2.24, 2.45) is 94.2 Å². The third kappa shape index (κ3) is 8.81. The quantitative estimate of drug-likeness (QED) is 0.121.